The van der Waals surface area contributed by atoms with Gasteiger partial charge in [-0.25, -0.2) is 4.98 Å². The second kappa shape index (κ2) is 8.69. The molecule has 2 N–H and O–H groups in total. The van der Waals surface area contributed by atoms with Crippen molar-refractivity contribution in [3.63, 3.8) is 0 Å². The fourth-order valence-corrected chi connectivity index (χ4v) is 3.04. The molecule has 0 unspecified atom stereocenters. The van der Waals surface area contributed by atoms with Crippen molar-refractivity contribution in [2.75, 3.05) is 17.2 Å². The molecule has 2 aromatic rings. The number of allylic oxidation sites excluding steroid dienone is 1. The lowest BCUT2D eigenvalue weighted by molar-refractivity contribution is 0.679. The van der Waals surface area contributed by atoms with Gasteiger partial charge in [0.1, 0.15) is 5.82 Å². The lowest BCUT2D eigenvalue weighted by atomic mass is 9.97. The van der Waals surface area contributed by atoms with Gasteiger partial charge in [0.05, 0.1) is 0 Å². The molecule has 4 nitrogen and oxygen atoms in total. The van der Waals surface area contributed by atoms with Gasteiger partial charge >= 0.3 is 0 Å². The molecular formula is C19H23ClN4. The summed E-state index contributed by atoms with van der Waals surface area (Å²) in [6.45, 7) is 1.52. The smallest absolute Gasteiger partial charge is 0.224 e. The third kappa shape index (κ3) is 4.96. The summed E-state index contributed by atoms with van der Waals surface area (Å²) in [6.07, 6.45) is 10.4. The molecule has 0 saturated heterocycles. The second-order valence-corrected chi connectivity index (χ2v) is 6.40. The molecular weight excluding hydrogens is 320 g/mol. The molecule has 0 radical (unpaired) electrons. The van der Waals surface area contributed by atoms with Crippen molar-refractivity contribution in [3.8, 4) is 0 Å². The first kappa shape index (κ1) is 16.8. The van der Waals surface area contributed by atoms with Crippen LogP contribution in [0.4, 0.5) is 11.8 Å². The van der Waals surface area contributed by atoms with E-state index in [1.54, 1.807) is 11.8 Å². The van der Waals surface area contributed by atoms with Crippen molar-refractivity contribution >= 4 is 23.4 Å². The van der Waals surface area contributed by atoms with Gasteiger partial charge in [-0.2, -0.15) is 4.98 Å². The first-order chi connectivity index (χ1) is 11.8. The van der Waals surface area contributed by atoms with Crippen LogP contribution >= 0.6 is 11.6 Å². The van der Waals surface area contributed by atoms with E-state index in [-0.39, 0.29) is 0 Å². The molecule has 1 aromatic carbocycles. The lowest BCUT2D eigenvalue weighted by Crippen LogP contribution is -2.08. The number of hydrogen-bond donors (Lipinski definition) is 2. The van der Waals surface area contributed by atoms with Crippen LogP contribution in [-0.2, 0) is 6.54 Å². The summed E-state index contributed by atoms with van der Waals surface area (Å²) in [5.74, 6) is 1.46. The number of rotatable bonds is 7. The largest absolute Gasteiger partial charge is 0.370 e. The monoisotopic (exact) mass is 342 g/mol. The molecule has 0 amide bonds. The number of nitrogens with one attached hydrogen (secondary N) is 2. The maximum absolute atomic E-state index is 6.17. The highest BCUT2D eigenvalue weighted by Crippen LogP contribution is 2.20. The molecule has 1 aliphatic rings. The minimum absolute atomic E-state index is 0.607. The predicted molar refractivity (Wildman–Crippen MR) is 100 cm³/mol. The Labute approximate surface area is 148 Å². The molecule has 1 heterocycles. The number of benzene rings is 1. The SMILES string of the molecule is Clc1ccccc1CNc1nccc(NCCC2=CCCCC2)n1. The number of anilines is 2. The van der Waals surface area contributed by atoms with Crippen LogP contribution in [-0.4, -0.2) is 16.5 Å². The van der Waals surface area contributed by atoms with Crippen LogP contribution in [0.2, 0.25) is 5.02 Å². The summed E-state index contributed by atoms with van der Waals surface area (Å²) < 4.78 is 0. The Kier molecular flexibility index (Phi) is 6.07. The van der Waals surface area contributed by atoms with Gasteiger partial charge < -0.3 is 10.6 Å². The Morgan fingerprint density at radius 1 is 1.08 bits per heavy atom. The van der Waals surface area contributed by atoms with E-state index in [0.717, 1.165) is 29.4 Å². The van der Waals surface area contributed by atoms with Crippen molar-refractivity contribution in [1.82, 2.24) is 9.97 Å². The van der Waals surface area contributed by atoms with Crippen LogP contribution in [0.1, 0.15) is 37.7 Å². The van der Waals surface area contributed by atoms with Gasteiger partial charge in [-0.05, 0) is 49.8 Å². The van der Waals surface area contributed by atoms with Gasteiger partial charge in [0, 0.05) is 24.3 Å². The number of halogens is 1. The molecule has 0 spiro atoms. The van der Waals surface area contributed by atoms with Crippen molar-refractivity contribution in [2.24, 2.45) is 0 Å². The average molecular weight is 343 g/mol. The summed E-state index contributed by atoms with van der Waals surface area (Å²) in [7, 11) is 0. The highest BCUT2D eigenvalue weighted by Gasteiger charge is 2.04. The predicted octanol–water partition coefficient (Wildman–Crippen LogP) is 5.04. The topological polar surface area (TPSA) is 49.8 Å². The standard InChI is InChI=1S/C19H23ClN4/c20-17-9-5-4-8-16(17)14-23-19-22-13-11-18(24-19)21-12-10-15-6-2-1-3-7-15/h4-6,8-9,11,13H,1-3,7,10,12,14H2,(H2,21,22,23,24). The van der Waals surface area contributed by atoms with E-state index in [2.05, 4.69) is 26.7 Å². The second-order valence-electron chi connectivity index (χ2n) is 6.00. The minimum Gasteiger partial charge on any atom is -0.370 e. The van der Waals surface area contributed by atoms with Gasteiger partial charge in [0.25, 0.3) is 0 Å². The maximum Gasteiger partial charge on any atom is 0.224 e. The van der Waals surface area contributed by atoms with Crippen LogP contribution < -0.4 is 10.6 Å². The number of nitrogens with zero attached hydrogens (tertiary/aromatic N) is 2. The Morgan fingerprint density at radius 2 is 2.00 bits per heavy atom. The summed E-state index contributed by atoms with van der Waals surface area (Å²) in [5, 5.41) is 7.36. The molecule has 5 heteroatoms. The zero-order chi connectivity index (χ0) is 16.6. The van der Waals surface area contributed by atoms with Crippen molar-refractivity contribution in [3.05, 3.63) is 58.8 Å². The first-order valence-corrected chi connectivity index (χ1v) is 8.91. The van der Waals surface area contributed by atoms with Crippen molar-refractivity contribution < 1.29 is 0 Å². The van der Waals surface area contributed by atoms with Crippen LogP contribution in [0.15, 0.2) is 48.2 Å². The molecule has 1 aliphatic carbocycles. The zero-order valence-electron chi connectivity index (χ0n) is 13.8. The Hall–Kier alpha value is -2.07. The molecule has 0 atom stereocenters. The molecule has 0 bridgehead atoms. The average Bonchev–Trinajstić information content (AvgIpc) is 2.62. The van der Waals surface area contributed by atoms with E-state index in [1.807, 2.05) is 30.3 Å². The highest BCUT2D eigenvalue weighted by molar-refractivity contribution is 6.31. The van der Waals surface area contributed by atoms with E-state index in [0.29, 0.717) is 12.5 Å². The first-order valence-electron chi connectivity index (χ1n) is 8.53. The Morgan fingerprint density at radius 3 is 2.83 bits per heavy atom. The van der Waals surface area contributed by atoms with E-state index in [9.17, 15) is 0 Å². The maximum atomic E-state index is 6.17. The summed E-state index contributed by atoms with van der Waals surface area (Å²) in [6, 6.07) is 9.68. The van der Waals surface area contributed by atoms with Gasteiger partial charge in [-0.3, -0.25) is 0 Å². The Balaban J connectivity index is 1.50. The van der Waals surface area contributed by atoms with Crippen LogP contribution in [0.25, 0.3) is 0 Å². The van der Waals surface area contributed by atoms with Gasteiger partial charge in [0.15, 0.2) is 0 Å². The molecule has 24 heavy (non-hydrogen) atoms. The van der Waals surface area contributed by atoms with Crippen LogP contribution in [0.5, 0.6) is 0 Å². The molecule has 126 valence electrons. The van der Waals surface area contributed by atoms with E-state index < -0.39 is 0 Å². The quantitative estimate of drug-likeness (QED) is 0.692. The fourth-order valence-electron chi connectivity index (χ4n) is 2.84. The molecule has 0 aliphatic heterocycles. The Bertz CT molecular complexity index is 699. The van der Waals surface area contributed by atoms with Gasteiger partial charge in [-0.15, -0.1) is 0 Å². The normalized spacial score (nSPS) is 14.1. The van der Waals surface area contributed by atoms with E-state index in [4.69, 9.17) is 11.6 Å². The van der Waals surface area contributed by atoms with E-state index >= 15 is 0 Å². The molecule has 0 saturated carbocycles. The van der Waals surface area contributed by atoms with Gasteiger partial charge in [-0.1, -0.05) is 41.4 Å². The lowest BCUT2D eigenvalue weighted by Gasteiger charge is -2.13. The van der Waals surface area contributed by atoms with Crippen molar-refractivity contribution in [2.45, 2.75) is 38.6 Å². The fraction of sp³-hybridized carbons (Fsp3) is 0.368. The summed E-state index contributed by atoms with van der Waals surface area (Å²) in [5.41, 5.74) is 2.60. The van der Waals surface area contributed by atoms with Gasteiger partial charge in [0.2, 0.25) is 5.95 Å². The van der Waals surface area contributed by atoms with E-state index in [1.165, 1.54) is 25.7 Å². The summed E-state index contributed by atoms with van der Waals surface area (Å²) >= 11 is 6.17. The van der Waals surface area contributed by atoms with Crippen molar-refractivity contribution in [1.29, 1.82) is 0 Å². The zero-order valence-corrected chi connectivity index (χ0v) is 14.5. The molecule has 3 rings (SSSR count). The number of hydrogen-bond acceptors (Lipinski definition) is 4. The minimum atomic E-state index is 0.607. The number of aromatic nitrogens is 2. The molecule has 0 fully saturated rings. The summed E-state index contributed by atoms with van der Waals surface area (Å²) in [4.78, 5) is 8.77. The van der Waals surface area contributed by atoms with Crippen LogP contribution in [0.3, 0.4) is 0 Å². The highest BCUT2D eigenvalue weighted by atomic mass is 35.5. The third-order valence-electron chi connectivity index (χ3n) is 4.19. The third-order valence-corrected chi connectivity index (χ3v) is 4.56. The van der Waals surface area contributed by atoms with Crippen LogP contribution in [0, 0.1) is 0 Å². The molecule has 1 aromatic heterocycles.